The fourth-order valence-corrected chi connectivity index (χ4v) is 2.82. The van der Waals surface area contributed by atoms with Crippen LogP contribution in [0.4, 0.5) is 4.39 Å². The fourth-order valence-electron chi connectivity index (χ4n) is 1.80. The Kier molecular flexibility index (Phi) is 4.27. The first-order valence-corrected chi connectivity index (χ1v) is 6.88. The van der Waals surface area contributed by atoms with Crippen LogP contribution < -0.4 is 0 Å². The van der Waals surface area contributed by atoms with Crippen molar-refractivity contribution in [3.05, 3.63) is 51.2 Å². The summed E-state index contributed by atoms with van der Waals surface area (Å²) in [5.74, 6) is -1.25. The highest BCUT2D eigenvalue weighted by Gasteiger charge is 2.17. The lowest BCUT2D eigenvalue weighted by Gasteiger charge is -1.99. The molecule has 1 N–H and O–H groups in total. The van der Waals surface area contributed by atoms with E-state index in [0.717, 1.165) is 23.4 Å². The number of aromatic carboxylic acids is 1. The highest BCUT2D eigenvalue weighted by atomic mass is 32.1. The van der Waals surface area contributed by atoms with Gasteiger partial charge >= 0.3 is 5.97 Å². The minimum Gasteiger partial charge on any atom is -0.477 e. The number of aromatic nitrogens is 1. The van der Waals surface area contributed by atoms with Gasteiger partial charge in [-0.3, -0.25) is 0 Å². The molecule has 0 atom stereocenters. The summed E-state index contributed by atoms with van der Waals surface area (Å²) in [4.78, 5) is 15.9. The Morgan fingerprint density at radius 3 is 2.63 bits per heavy atom. The highest BCUT2D eigenvalue weighted by Crippen LogP contribution is 2.22. The van der Waals surface area contributed by atoms with E-state index in [1.807, 2.05) is 6.92 Å². The predicted octanol–water partition coefficient (Wildman–Crippen LogP) is 3.52. The third-order valence-electron chi connectivity index (χ3n) is 2.68. The Bertz CT molecular complexity index is 578. The molecule has 0 amide bonds. The minimum atomic E-state index is -0.947. The third-order valence-corrected chi connectivity index (χ3v) is 3.83. The standard InChI is InChI=1S/C14H14FNO2S/c1-2-3-12-16-11(13(19-12)14(17)18)8-9-4-6-10(15)7-5-9/h4-7H,2-3,8H2,1H3,(H,17,18). The largest absolute Gasteiger partial charge is 0.477 e. The monoisotopic (exact) mass is 279 g/mol. The number of hydrogen-bond donors (Lipinski definition) is 1. The maximum absolute atomic E-state index is 12.8. The molecule has 0 aliphatic carbocycles. The summed E-state index contributed by atoms with van der Waals surface area (Å²) < 4.78 is 12.8. The Morgan fingerprint density at radius 1 is 1.37 bits per heavy atom. The zero-order chi connectivity index (χ0) is 13.8. The van der Waals surface area contributed by atoms with E-state index < -0.39 is 5.97 Å². The van der Waals surface area contributed by atoms with E-state index in [-0.39, 0.29) is 10.7 Å². The van der Waals surface area contributed by atoms with Crippen LogP contribution in [0.5, 0.6) is 0 Å². The van der Waals surface area contributed by atoms with E-state index in [1.54, 1.807) is 12.1 Å². The summed E-state index contributed by atoms with van der Waals surface area (Å²) in [6.45, 7) is 2.03. The first-order valence-electron chi connectivity index (χ1n) is 6.06. The fraction of sp³-hybridized carbons (Fsp3) is 0.286. The van der Waals surface area contributed by atoms with Crippen molar-refractivity contribution in [1.29, 1.82) is 0 Å². The molecule has 3 nitrogen and oxygen atoms in total. The molecule has 0 unspecified atom stereocenters. The lowest BCUT2D eigenvalue weighted by Crippen LogP contribution is -2.00. The van der Waals surface area contributed by atoms with Gasteiger partial charge in [-0.1, -0.05) is 19.1 Å². The molecule has 0 aliphatic rings. The van der Waals surface area contributed by atoms with Crippen LogP contribution in [-0.2, 0) is 12.8 Å². The molecule has 0 aliphatic heterocycles. The van der Waals surface area contributed by atoms with Gasteiger partial charge in [-0.25, -0.2) is 14.2 Å². The Balaban J connectivity index is 2.27. The number of aryl methyl sites for hydroxylation is 1. The molecular formula is C14H14FNO2S. The molecule has 0 saturated carbocycles. The van der Waals surface area contributed by atoms with Gasteiger partial charge in [0.1, 0.15) is 10.7 Å². The molecule has 2 rings (SSSR count). The Morgan fingerprint density at radius 2 is 2.05 bits per heavy atom. The number of carboxylic acids is 1. The van der Waals surface area contributed by atoms with Crippen molar-refractivity contribution in [3.63, 3.8) is 0 Å². The van der Waals surface area contributed by atoms with E-state index in [1.165, 1.54) is 23.5 Å². The Hall–Kier alpha value is -1.75. The van der Waals surface area contributed by atoms with Crippen LogP contribution in [-0.4, -0.2) is 16.1 Å². The number of halogens is 1. The minimum absolute atomic E-state index is 0.285. The first-order chi connectivity index (χ1) is 9.10. The molecular weight excluding hydrogens is 265 g/mol. The molecule has 1 aromatic heterocycles. The average Bonchev–Trinajstić information content (AvgIpc) is 2.76. The van der Waals surface area contributed by atoms with Gasteiger partial charge in [-0.05, 0) is 30.5 Å². The molecule has 0 saturated heterocycles. The summed E-state index contributed by atoms with van der Waals surface area (Å²) in [7, 11) is 0. The molecule has 100 valence electrons. The van der Waals surface area contributed by atoms with Crippen LogP contribution in [0, 0.1) is 5.82 Å². The SMILES string of the molecule is CCCc1nc(Cc2ccc(F)cc2)c(C(=O)O)s1. The van der Waals surface area contributed by atoms with Crippen molar-refractivity contribution >= 4 is 17.3 Å². The van der Waals surface area contributed by atoms with Crippen molar-refractivity contribution in [1.82, 2.24) is 4.98 Å². The topological polar surface area (TPSA) is 50.2 Å². The van der Waals surface area contributed by atoms with Crippen LogP contribution in [0.3, 0.4) is 0 Å². The van der Waals surface area contributed by atoms with Gasteiger partial charge < -0.3 is 5.11 Å². The van der Waals surface area contributed by atoms with Crippen LogP contribution in [0.25, 0.3) is 0 Å². The van der Waals surface area contributed by atoms with Crippen LogP contribution >= 0.6 is 11.3 Å². The van der Waals surface area contributed by atoms with Gasteiger partial charge in [0.05, 0.1) is 10.7 Å². The van der Waals surface area contributed by atoms with Gasteiger partial charge in [0.25, 0.3) is 0 Å². The van der Waals surface area contributed by atoms with E-state index in [0.29, 0.717) is 12.1 Å². The number of carbonyl (C=O) groups is 1. The lowest BCUT2D eigenvalue weighted by molar-refractivity contribution is 0.0701. The van der Waals surface area contributed by atoms with Gasteiger partial charge in [0, 0.05) is 6.42 Å². The number of thiazole rings is 1. The molecule has 5 heteroatoms. The highest BCUT2D eigenvalue weighted by molar-refractivity contribution is 7.13. The number of carboxylic acid groups (broad SMARTS) is 1. The molecule has 1 heterocycles. The normalized spacial score (nSPS) is 10.6. The van der Waals surface area contributed by atoms with Crippen LogP contribution in [0.15, 0.2) is 24.3 Å². The van der Waals surface area contributed by atoms with E-state index in [2.05, 4.69) is 4.98 Å². The quantitative estimate of drug-likeness (QED) is 0.911. The van der Waals surface area contributed by atoms with Crippen molar-refractivity contribution in [2.75, 3.05) is 0 Å². The second kappa shape index (κ2) is 5.93. The number of hydrogen-bond acceptors (Lipinski definition) is 3. The van der Waals surface area contributed by atoms with Crippen LogP contribution in [0.2, 0.25) is 0 Å². The van der Waals surface area contributed by atoms with Gasteiger partial charge in [0.2, 0.25) is 0 Å². The summed E-state index contributed by atoms with van der Waals surface area (Å²) >= 11 is 1.23. The summed E-state index contributed by atoms with van der Waals surface area (Å²) in [6, 6.07) is 6.05. The second-order valence-electron chi connectivity index (χ2n) is 4.24. The van der Waals surface area contributed by atoms with Crippen LogP contribution in [0.1, 0.15) is 39.3 Å². The maximum atomic E-state index is 12.8. The molecule has 0 spiro atoms. The number of rotatable bonds is 5. The average molecular weight is 279 g/mol. The first kappa shape index (κ1) is 13.7. The smallest absolute Gasteiger partial charge is 0.347 e. The van der Waals surface area contributed by atoms with Crippen molar-refractivity contribution < 1.29 is 14.3 Å². The molecule has 2 aromatic rings. The third kappa shape index (κ3) is 3.38. The second-order valence-corrected chi connectivity index (χ2v) is 5.33. The molecule has 0 radical (unpaired) electrons. The zero-order valence-electron chi connectivity index (χ0n) is 10.5. The van der Waals surface area contributed by atoms with Crippen molar-refractivity contribution in [3.8, 4) is 0 Å². The molecule has 0 fully saturated rings. The zero-order valence-corrected chi connectivity index (χ0v) is 11.3. The molecule has 19 heavy (non-hydrogen) atoms. The van der Waals surface area contributed by atoms with Crippen molar-refractivity contribution in [2.24, 2.45) is 0 Å². The lowest BCUT2D eigenvalue weighted by atomic mass is 10.1. The van der Waals surface area contributed by atoms with E-state index >= 15 is 0 Å². The van der Waals surface area contributed by atoms with Gasteiger partial charge in [0.15, 0.2) is 0 Å². The number of nitrogens with zero attached hydrogens (tertiary/aromatic N) is 1. The van der Waals surface area contributed by atoms with Gasteiger partial charge in [-0.15, -0.1) is 11.3 Å². The van der Waals surface area contributed by atoms with E-state index in [4.69, 9.17) is 0 Å². The maximum Gasteiger partial charge on any atom is 0.347 e. The number of benzene rings is 1. The molecule has 0 bridgehead atoms. The molecule has 1 aromatic carbocycles. The van der Waals surface area contributed by atoms with Gasteiger partial charge in [-0.2, -0.15) is 0 Å². The summed E-state index contributed by atoms with van der Waals surface area (Å²) in [6.07, 6.45) is 2.14. The summed E-state index contributed by atoms with van der Waals surface area (Å²) in [5, 5.41) is 10.0. The Labute approximate surface area is 114 Å². The van der Waals surface area contributed by atoms with Crippen molar-refractivity contribution in [2.45, 2.75) is 26.2 Å². The summed E-state index contributed by atoms with van der Waals surface area (Å²) in [5.41, 5.74) is 1.42. The van der Waals surface area contributed by atoms with E-state index in [9.17, 15) is 14.3 Å². The predicted molar refractivity (Wildman–Crippen MR) is 72.3 cm³/mol.